The van der Waals surface area contributed by atoms with Gasteiger partial charge in [-0.1, -0.05) is 23.8 Å². The molecule has 1 amide bonds. The molecule has 5 nitrogen and oxygen atoms in total. The first-order valence-corrected chi connectivity index (χ1v) is 8.35. The Morgan fingerprint density at radius 3 is 3.00 bits per heavy atom. The summed E-state index contributed by atoms with van der Waals surface area (Å²) >= 11 is 0. The van der Waals surface area contributed by atoms with Crippen molar-refractivity contribution in [3.8, 4) is 0 Å². The summed E-state index contributed by atoms with van der Waals surface area (Å²) in [4.78, 5) is 18.9. The van der Waals surface area contributed by atoms with E-state index in [-0.39, 0.29) is 11.9 Å². The molecular formula is C19H24N4O. The third kappa shape index (κ3) is 3.99. The Bertz CT molecular complexity index is 702. The van der Waals surface area contributed by atoms with E-state index in [0.29, 0.717) is 6.54 Å². The molecule has 1 aromatic carbocycles. The van der Waals surface area contributed by atoms with Crippen molar-refractivity contribution in [2.24, 2.45) is 0 Å². The zero-order chi connectivity index (χ0) is 16.9. The average molecular weight is 324 g/mol. The lowest BCUT2D eigenvalue weighted by Crippen LogP contribution is -2.48. The predicted octanol–water partition coefficient (Wildman–Crippen LogP) is 2.28. The van der Waals surface area contributed by atoms with Crippen LogP contribution < -0.4 is 10.6 Å². The Morgan fingerprint density at radius 2 is 2.25 bits per heavy atom. The average Bonchev–Trinajstić information content (AvgIpc) is 2.59. The van der Waals surface area contributed by atoms with Crippen molar-refractivity contribution >= 4 is 11.6 Å². The summed E-state index contributed by atoms with van der Waals surface area (Å²) in [6, 6.07) is 10.3. The second-order valence-corrected chi connectivity index (χ2v) is 6.34. The zero-order valence-electron chi connectivity index (χ0n) is 14.2. The number of piperazine rings is 1. The largest absolute Gasteiger partial charge is 0.325 e. The molecule has 0 saturated carbocycles. The van der Waals surface area contributed by atoms with Gasteiger partial charge in [-0.2, -0.15) is 0 Å². The molecule has 2 heterocycles. The number of benzene rings is 1. The monoisotopic (exact) mass is 324 g/mol. The van der Waals surface area contributed by atoms with Crippen LogP contribution in [0, 0.1) is 13.8 Å². The lowest BCUT2D eigenvalue weighted by atomic mass is 10.1. The fourth-order valence-corrected chi connectivity index (χ4v) is 3.17. The molecule has 2 N–H and O–H groups in total. The number of pyridine rings is 1. The zero-order valence-corrected chi connectivity index (χ0v) is 14.2. The molecule has 5 heteroatoms. The van der Waals surface area contributed by atoms with Gasteiger partial charge in [0.2, 0.25) is 5.91 Å². The van der Waals surface area contributed by atoms with Crippen LogP contribution in [-0.2, 0) is 4.79 Å². The molecule has 126 valence electrons. The molecule has 24 heavy (non-hydrogen) atoms. The maximum absolute atomic E-state index is 12.5. The number of nitrogens with one attached hydrogen (secondary N) is 2. The fraction of sp³-hybridized carbons (Fsp3) is 0.368. The molecule has 3 rings (SSSR count). The van der Waals surface area contributed by atoms with Crippen LogP contribution >= 0.6 is 0 Å². The summed E-state index contributed by atoms with van der Waals surface area (Å²) in [6.45, 7) is 7.04. The van der Waals surface area contributed by atoms with Crippen molar-refractivity contribution in [1.29, 1.82) is 0 Å². The van der Waals surface area contributed by atoms with Crippen LogP contribution in [0.15, 0.2) is 42.7 Å². The van der Waals surface area contributed by atoms with E-state index in [1.165, 1.54) is 5.56 Å². The van der Waals surface area contributed by atoms with Crippen LogP contribution in [0.25, 0.3) is 0 Å². The molecule has 2 aromatic rings. The van der Waals surface area contributed by atoms with E-state index >= 15 is 0 Å². The van der Waals surface area contributed by atoms with Gasteiger partial charge in [0.15, 0.2) is 0 Å². The summed E-state index contributed by atoms with van der Waals surface area (Å²) in [6.07, 6.45) is 3.66. The van der Waals surface area contributed by atoms with Gasteiger partial charge in [0, 0.05) is 43.8 Å². The number of nitrogens with zero attached hydrogens (tertiary/aromatic N) is 2. The van der Waals surface area contributed by atoms with Gasteiger partial charge in [-0.05, 0) is 37.1 Å². The first-order chi connectivity index (χ1) is 11.6. The highest BCUT2D eigenvalue weighted by molar-refractivity contribution is 5.93. The quantitative estimate of drug-likeness (QED) is 0.906. The second kappa shape index (κ2) is 7.55. The Morgan fingerprint density at radius 1 is 1.38 bits per heavy atom. The maximum Gasteiger partial charge on any atom is 0.238 e. The molecule has 1 aliphatic rings. The Kier molecular flexibility index (Phi) is 5.23. The van der Waals surface area contributed by atoms with Crippen molar-refractivity contribution in [1.82, 2.24) is 15.2 Å². The minimum atomic E-state index is 0.0257. The molecule has 1 aliphatic heterocycles. The summed E-state index contributed by atoms with van der Waals surface area (Å²) < 4.78 is 0. The molecule has 1 fully saturated rings. The van der Waals surface area contributed by atoms with E-state index in [0.717, 1.165) is 36.4 Å². The van der Waals surface area contributed by atoms with Crippen LogP contribution in [0.1, 0.15) is 22.7 Å². The van der Waals surface area contributed by atoms with Crippen molar-refractivity contribution in [2.45, 2.75) is 19.9 Å². The molecule has 0 bridgehead atoms. The highest BCUT2D eigenvalue weighted by atomic mass is 16.2. The minimum absolute atomic E-state index is 0.0257. The van der Waals surface area contributed by atoms with Crippen molar-refractivity contribution in [3.05, 3.63) is 59.4 Å². The van der Waals surface area contributed by atoms with E-state index in [2.05, 4.69) is 39.6 Å². The SMILES string of the molecule is Cc1ccc(NC(=O)CN2CCNCC2c2cccnc2)c(C)c1. The van der Waals surface area contributed by atoms with Crippen molar-refractivity contribution < 1.29 is 4.79 Å². The van der Waals surface area contributed by atoms with Gasteiger partial charge >= 0.3 is 0 Å². The van der Waals surface area contributed by atoms with Gasteiger partial charge in [0.05, 0.1) is 6.54 Å². The summed E-state index contributed by atoms with van der Waals surface area (Å²) in [7, 11) is 0. The van der Waals surface area contributed by atoms with E-state index in [4.69, 9.17) is 0 Å². The number of hydrogen-bond donors (Lipinski definition) is 2. The molecule has 1 atom stereocenters. The van der Waals surface area contributed by atoms with Crippen molar-refractivity contribution in [3.63, 3.8) is 0 Å². The summed E-state index contributed by atoms with van der Waals surface area (Å²) in [5.74, 6) is 0.0257. The molecule has 0 spiro atoms. The number of amides is 1. The highest BCUT2D eigenvalue weighted by Gasteiger charge is 2.25. The van der Waals surface area contributed by atoms with E-state index in [9.17, 15) is 4.79 Å². The number of carbonyl (C=O) groups excluding carboxylic acids is 1. The van der Waals surface area contributed by atoms with E-state index < -0.39 is 0 Å². The number of anilines is 1. The second-order valence-electron chi connectivity index (χ2n) is 6.34. The Hall–Kier alpha value is -2.24. The van der Waals surface area contributed by atoms with Gasteiger partial charge in [0.25, 0.3) is 0 Å². The summed E-state index contributed by atoms with van der Waals surface area (Å²) in [5.41, 5.74) is 4.32. The molecule has 1 unspecified atom stereocenters. The predicted molar refractivity (Wildman–Crippen MR) is 96.0 cm³/mol. The van der Waals surface area contributed by atoms with Crippen LogP contribution in [0.2, 0.25) is 0 Å². The number of hydrogen-bond acceptors (Lipinski definition) is 4. The first kappa shape index (κ1) is 16.6. The minimum Gasteiger partial charge on any atom is -0.325 e. The van der Waals surface area contributed by atoms with Gasteiger partial charge in [-0.3, -0.25) is 14.7 Å². The van der Waals surface area contributed by atoms with Crippen LogP contribution in [0.5, 0.6) is 0 Å². The highest BCUT2D eigenvalue weighted by Crippen LogP contribution is 2.21. The lowest BCUT2D eigenvalue weighted by molar-refractivity contribution is -0.118. The van der Waals surface area contributed by atoms with E-state index in [1.54, 1.807) is 6.20 Å². The van der Waals surface area contributed by atoms with Crippen molar-refractivity contribution in [2.75, 3.05) is 31.5 Å². The Labute approximate surface area is 143 Å². The third-order valence-electron chi connectivity index (χ3n) is 4.43. The third-order valence-corrected chi connectivity index (χ3v) is 4.43. The van der Waals surface area contributed by atoms with E-state index in [1.807, 2.05) is 31.3 Å². The molecular weight excluding hydrogens is 300 g/mol. The fourth-order valence-electron chi connectivity index (χ4n) is 3.17. The summed E-state index contributed by atoms with van der Waals surface area (Å²) in [5, 5.41) is 6.44. The number of aryl methyl sites for hydroxylation is 2. The molecule has 1 aromatic heterocycles. The maximum atomic E-state index is 12.5. The lowest BCUT2D eigenvalue weighted by Gasteiger charge is -2.35. The Balaban J connectivity index is 1.67. The van der Waals surface area contributed by atoms with Crippen LogP contribution in [0.4, 0.5) is 5.69 Å². The smallest absolute Gasteiger partial charge is 0.238 e. The number of carbonyl (C=O) groups is 1. The number of aromatic nitrogens is 1. The normalized spacial score (nSPS) is 18.3. The molecule has 0 aliphatic carbocycles. The number of rotatable bonds is 4. The van der Waals surface area contributed by atoms with Gasteiger partial charge in [-0.15, -0.1) is 0 Å². The first-order valence-electron chi connectivity index (χ1n) is 8.35. The van der Waals surface area contributed by atoms with Gasteiger partial charge in [0.1, 0.15) is 0 Å². The standard InChI is InChI=1S/C19H24N4O/c1-14-5-6-17(15(2)10-14)22-19(24)13-23-9-8-21-12-18(23)16-4-3-7-20-11-16/h3-7,10-11,18,21H,8-9,12-13H2,1-2H3,(H,22,24). The van der Waals surface area contributed by atoms with Gasteiger partial charge in [-0.25, -0.2) is 0 Å². The van der Waals surface area contributed by atoms with Crippen LogP contribution in [-0.4, -0.2) is 42.0 Å². The molecule has 0 radical (unpaired) electrons. The molecule has 1 saturated heterocycles. The van der Waals surface area contributed by atoms with Gasteiger partial charge < -0.3 is 10.6 Å². The van der Waals surface area contributed by atoms with Crippen LogP contribution in [0.3, 0.4) is 0 Å². The topological polar surface area (TPSA) is 57.3 Å².